The molecule has 3 aromatic heterocycles. The van der Waals surface area contributed by atoms with E-state index in [1.54, 1.807) is 37.6 Å². The van der Waals surface area contributed by atoms with Crippen molar-refractivity contribution in [3.05, 3.63) is 76.3 Å². The number of hydrogen-bond donors (Lipinski definition) is 1. The number of carbonyl (C=O) groups excluding carboxylic acids is 2. The minimum absolute atomic E-state index is 0.306. The van der Waals surface area contributed by atoms with Crippen LogP contribution in [0.4, 0.5) is 5.69 Å². The molecule has 0 spiro atoms. The highest BCUT2D eigenvalue weighted by Gasteiger charge is 2.26. The maximum atomic E-state index is 13.4. The van der Waals surface area contributed by atoms with Gasteiger partial charge < -0.3 is 19.4 Å². The molecular formula is C25H23ClN4O4. The number of aromatic nitrogens is 3. The number of methoxy groups -OCH3 is 2. The fourth-order valence-corrected chi connectivity index (χ4v) is 3.99. The zero-order valence-electron chi connectivity index (χ0n) is 19.2. The Kier molecular flexibility index (Phi) is 6.51. The number of carbonyl (C=O) groups is 2. The third-order valence-corrected chi connectivity index (χ3v) is 5.81. The summed E-state index contributed by atoms with van der Waals surface area (Å²) in [4.78, 5) is 34.7. The van der Waals surface area contributed by atoms with Crippen LogP contribution in [-0.4, -0.2) is 40.4 Å². The van der Waals surface area contributed by atoms with Crippen LogP contribution in [0.25, 0.3) is 10.9 Å². The number of nitrogens with zero attached hydrogens (tertiary/aromatic N) is 3. The standard InChI is InChI=1S/C25H23ClN4O4/c1-14-9-20-19(11-21(14)33-3)23(15(2)30(20)13-18-6-5-16(26)12-28-18)24(31)25(32)29-17-7-8-27-22(10-17)34-4/h5-12H,13H2,1-4H3,(H,27,29,32). The van der Waals surface area contributed by atoms with E-state index in [1.165, 1.54) is 13.3 Å². The summed E-state index contributed by atoms with van der Waals surface area (Å²) in [6.45, 7) is 4.14. The molecule has 1 aromatic carbocycles. The van der Waals surface area contributed by atoms with Gasteiger partial charge in [-0.1, -0.05) is 11.6 Å². The summed E-state index contributed by atoms with van der Waals surface area (Å²) in [5, 5.41) is 3.80. The van der Waals surface area contributed by atoms with Crippen molar-refractivity contribution in [2.75, 3.05) is 19.5 Å². The molecule has 0 atom stereocenters. The monoisotopic (exact) mass is 478 g/mol. The number of anilines is 1. The number of nitrogens with one attached hydrogen (secondary N) is 1. The SMILES string of the molecule is COc1cc(NC(=O)C(=O)c2c(C)n(Cc3ccc(Cl)cn3)c3cc(C)c(OC)cc23)ccn1. The Balaban J connectivity index is 1.78. The molecule has 0 aliphatic heterocycles. The first-order chi connectivity index (χ1) is 16.3. The third kappa shape index (κ3) is 4.45. The smallest absolute Gasteiger partial charge is 0.296 e. The Morgan fingerprint density at radius 2 is 1.85 bits per heavy atom. The summed E-state index contributed by atoms with van der Waals surface area (Å²) < 4.78 is 12.5. The van der Waals surface area contributed by atoms with Crippen LogP contribution in [0.15, 0.2) is 48.8 Å². The molecule has 0 fully saturated rings. The highest BCUT2D eigenvalue weighted by atomic mass is 35.5. The van der Waals surface area contributed by atoms with Gasteiger partial charge in [-0.3, -0.25) is 14.6 Å². The number of halogens is 1. The van der Waals surface area contributed by atoms with E-state index in [2.05, 4.69) is 15.3 Å². The molecule has 1 N–H and O–H groups in total. The molecule has 0 saturated heterocycles. The van der Waals surface area contributed by atoms with E-state index in [-0.39, 0.29) is 0 Å². The first-order valence-electron chi connectivity index (χ1n) is 10.5. The average Bonchev–Trinajstić information content (AvgIpc) is 3.09. The number of amides is 1. The normalized spacial score (nSPS) is 10.9. The Morgan fingerprint density at radius 1 is 1.06 bits per heavy atom. The van der Waals surface area contributed by atoms with Gasteiger partial charge in [0.1, 0.15) is 5.75 Å². The van der Waals surface area contributed by atoms with Gasteiger partial charge in [0.15, 0.2) is 0 Å². The number of ketones is 1. The van der Waals surface area contributed by atoms with E-state index in [9.17, 15) is 9.59 Å². The van der Waals surface area contributed by atoms with Gasteiger partial charge >= 0.3 is 0 Å². The number of fused-ring (bicyclic) bond motifs is 1. The molecule has 0 bridgehead atoms. The molecule has 4 rings (SSSR count). The van der Waals surface area contributed by atoms with E-state index in [4.69, 9.17) is 21.1 Å². The molecule has 34 heavy (non-hydrogen) atoms. The molecule has 8 nitrogen and oxygen atoms in total. The molecule has 174 valence electrons. The largest absolute Gasteiger partial charge is 0.496 e. The molecular weight excluding hydrogens is 456 g/mol. The van der Waals surface area contributed by atoms with Crippen LogP contribution in [0.2, 0.25) is 5.02 Å². The number of ether oxygens (including phenoxy) is 2. The molecule has 0 radical (unpaired) electrons. The lowest BCUT2D eigenvalue weighted by Crippen LogP contribution is -2.23. The van der Waals surface area contributed by atoms with Crippen LogP contribution >= 0.6 is 11.6 Å². The van der Waals surface area contributed by atoms with Gasteiger partial charge in [0.05, 0.1) is 37.0 Å². The number of benzene rings is 1. The molecule has 3 heterocycles. The second-order valence-corrected chi connectivity index (χ2v) is 8.16. The molecule has 0 aliphatic carbocycles. The Hall–Kier alpha value is -3.91. The minimum atomic E-state index is -0.764. The van der Waals surface area contributed by atoms with Gasteiger partial charge in [-0.2, -0.15) is 0 Å². The van der Waals surface area contributed by atoms with Crippen molar-refractivity contribution in [3.63, 3.8) is 0 Å². The fraction of sp³-hybridized carbons (Fsp3) is 0.200. The van der Waals surface area contributed by atoms with E-state index < -0.39 is 11.7 Å². The van der Waals surface area contributed by atoms with Crippen LogP contribution in [0.1, 0.15) is 27.3 Å². The highest BCUT2D eigenvalue weighted by Crippen LogP contribution is 2.33. The van der Waals surface area contributed by atoms with Crippen LogP contribution in [0.5, 0.6) is 11.6 Å². The van der Waals surface area contributed by atoms with E-state index in [0.29, 0.717) is 45.5 Å². The zero-order valence-corrected chi connectivity index (χ0v) is 19.9. The van der Waals surface area contributed by atoms with E-state index >= 15 is 0 Å². The molecule has 1 amide bonds. The quantitative estimate of drug-likeness (QED) is 0.308. The highest BCUT2D eigenvalue weighted by molar-refractivity contribution is 6.48. The topological polar surface area (TPSA) is 95.3 Å². The second-order valence-electron chi connectivity index (χ2n) is 7.72. The summed E-state index contributed by atoms with van der Waals surface area (Å²) in [7, 11) is 3.04. The van der Waals surface area contributed by atoms with Crippen molar-refractivity contribution >= 4 is 39.9 Å². The van der Waals surface area contributed by atoms with Crippen LogP contribution in [0.3, 0.4) is 0 Å². The van der Waals surface area contributed by atoms with Crippen molar-refractivity contribution in [1.29, 1.82) is 0 Å². The van der Waals surface area contributed by atoms with Crippen molar-refractivity contribution in [1.82, 2.24) is 14.5 Å². The lowest BCUT2D eigenvalue weighted by atomic mass is 10.0. The number of Topliss-reactive ketones (excluding diaryl/α,β-unsaturated/α-hetero) is 1. The lowest BCUT2D eigenvalue weighted by molar-refractivity contribution is -0.112. The van der Waals surface area contributed by atoms with Crippen molar-refractivity contribution in [2.24, 2.45) is 0 Å². The predicted octanol–water partition coefficient (Wildman–Crippen LogP) is 4.59. The van der Waals surface area contributed by atoms with Crippen molar-refractivity contribution < 1.29 is 19.1 Å². The molecule has 0 unspecified atom stereocenters. The molecule has 0 aliphatic rings. The third-order valence-electron chi connectivity index (χ3n) is 5.58. The number of aryl methyl sites for hydroxylation is 1. The number of hydrogen-bond acceptors (Lipinski definition) is 6. The fourth-order valence-electron chi connectivity index (χ4n) is 3.88. The van der Waals surface area contributed by atoms with Crippen LogP contribution < -0.4 is 14.8 Å². The first-order valence-corrected chi connectivity index (χ1v) is 10.8. The predicted molar refractivity (Wildman–Crippen MR) is 130 cm³/mol. The molecule has 4 aromatic rings. The summed E-state index contributed by atoms with van der Waals surface area (Å²) >= 11 is 5.98. The van der Waals surface area contributed by atoms with Crippen molar-refractivity contribution in [2.45, 2.75) is 20.4 Å². The van der Waals surface area contributed by atoms with Gasteiger partial charge in [-0.05, 0) is 49.7 Å². The Bertz CT molecular complexity index is 1400. The Labute approximate surface area is 201 Å². The van der Waals surface area contributed by atoms with E-state index in [0.717, 1.165) is 16.8 Å². The second kappa shape index (κ2) is 9.52. The van der Waals surface area contributed by atoms with E-state index in [1.807, 2.05) is 30.5 Å². The van der Waals surface area contributed by atoms with Gasteiger partial charge in [0, 0.05) is 40.7 Å². The lowest BCUT2D eigenvalue weighted by Gasteiger charge is -2.10. The minimum Gasteiger partial charge on any atom is -0.496 e. The number of pyridine rings is 2. The zero-order chi connectivity index (χ0) is 24.4. The molecule has 9 heteroatoms. The average molecular weight is 479 g/mol. The molecule has 0 saturated carbocycles. The van der Waals surface area contributed by atoms with Gasteiger partial charge in [0.2, 0.25) is 5.88 Å². The van der Waals surface area contributed by atoms with Crippen LogP contribution in [0, 0.1) is 13.8 Å². The van der Waals surface area contributed by atoms with Crippen LogP contribution in [-0.2, 0) is 11.3 Å². The maximum absolute atomic E-state index is 13.4. The van der Waals surface area contributed by atoms with Crippen molar-refractivity contribution in [3.8, 4) is 11.6 Å². The summed E-state index contributed by atoms with van der Waals surface area (Å²) in [6, 6.07) is 10.5. The summed E-state index contributed by atoms with van der Waals surface area (Å²) in [5.41, 5.74) is 3.84. The van der Waals surface area contributed by atoms with Gasteiger partial charge in [-0.15, -0.1) is 0 Å². The van der Waals surface area contributed by atoms with Gasteiger partial charge in [-0.25, -0.2) is 4.98 Å². The maximum Gasteiger partial charge on any atom is 0.296 e. The Morgan fingerprint density at radius 3 is 2.53 bits per heavy atom. The summed E-state index contributed by atoms with van der Waals surface area (Å²) in [6.07, 6.45) is 3.07. The summed E-state index contributed by atoms with van der Waals surface area (Å²) in [5.74, 6) is -0.470. The number of rotatable bonds is 7. The first kappa shape index (κ1) is 23.3. The van der Waals surface area contributed by atoms with Gasteiger partial charge in [0.25, 0.3) is 11.7 Å².